The highest BCUT2D eigenvalue weighted by Crippen LogP contribution is 2.24. The van der Waals surface area contributed by atoms with Crippen LogP contribution in [-0.2, 0) is 4.79 Å². The Labute approximate surface area is 145 Å². The van der Waals surface area contributed by atoms with Crippen LogP contribution in [0.1, 0.15) is 6.92 Å². The fraction of sp³-hybridized carbons (Fsp3) is 0.188. The van der Waals surface area contributed by atoms with Crippen LogP contribution in [0.2, 0.25) is 5.02 Å². The van der Waals surface area contributed by atoms with E-state index in [4.69, 9.17) is 11.6 Å². The standard InChI is InChI=1S/C16H13ClF4N2O2/c1-9(15(24)23-14-7-2-10(17)8-13(14)18)22-11-3-5-12(6-4-11)25-16(19,20)21/h2-9,22H,1H3,(H,23,24)/t9-/m1/s1. The maximum Gasteiger partial charge on any atom is 0.573 e. The predicted octanol–water partition coefficient (Wildman–Crippen LogP) is 4.82. The minimum atomic E-state index is -4.77. The lowest BCUT2D eigenvalue weighted by molar-refractivity contribution is -0.274. The SMILES string of the molecule is C[C@@H](Nc1ccc(OC(F)(F)F)cc1)C(=O)Nc1ccc(Cl)cc1F. The van der Waals surface area contributed by atoms with Gasteiger partial charge in [0.15, 0.2) is 0 Å². The molecule has 134 valence electrons. The van der Waals surface area contributed by atoms with E-state index in [1.807, 2.05) is 0 Å². The van der Waals surface area contributed by atoms with Crippen molar-refractivity contribution in [3.8, 4) is 5.75 Å². The first-order chi connectivity index (χ1) is 11.6. The van der Waals surface area contributed by atoms with Gasteiger partial charge in [-0.05, 0) is 49.4 Å². The number of benzene rings is 2. The number of hydrogen-bond acceptors (Lipinski definition) is 3. The second kappa shape index (κ2) is 7.60. The summed E-state index contributed by atoms with van der Waals surface area (Å²) in [7, 11) is 0. The summed E-state index contributed by atoms with van der Waals surface area (Å²) in [4.78, 5) is 12.1. The maximum absolute atomic E-state index is 13.7. The van der Waals surface area contributed by atoms with Gasteiger partial charge in [-0.3, -0.25) is 4.79 Å². The number of hydrogen-bond donors (Lipinski definition) is 2. The van der Waals surface area contributed by atoms with Gasteiger partial charge in [0.1, 0.15) is 17.6 Å². The molecule has 1 atom stereocenters. The fourth-order valence-corrected chi connectivity index (χ4v) is 2.06. The molecule has 2 aromatic rings. The molecule has 0 bridgehead atoms. The third-order valence-corrected chi connectivity index (χ3v) is 3.29. The van der Waals surface area contributed by atoms with Crippen molar-refractivity contribution in [2.75, 3.05) is 10.6 Å². The number of alkyl halides is 3. The van der Waals surface area contributed by atoms with Crippen molar-refractivity contribution in [1.82, 2.24) is 0 Å². The van der Waals surface area contributed by atoms with Gasteiger partial charge in [-0.2, -0.15) is 0 Å². The van der Waals surface area contributed by atoms with Gasteiger partial charge in [0.05, 0.1) is 5.69 Å². The zero-order chi connectivity index (χ0) is 18.6. The van der Waals surface area contributed by atoms with E-state index in [-0.39, 0.29) is 16.5 Å². The van der Waals surface area contributed by atoms with Gasteiger partial charge in [0, 0.05) is 10.7 Å². The second-order valence-electron chi connectivity index (χ2n) is 5.05. The first kappa shape index (κ1) is 18.9. The molecule has 4 nitrogen and oxygen atoms in total. The Kier molecular flexibility index (Phi) is 5.73. The molecule has 0 spiro atoms. The molecule has 0 aliphatic carbocycles. The summed E-state index contributed by atoms with van der Waals surface area (Å²) in [5, 5.41) is 5.37. The van der Waals surface area contributed by atoms with Crippen molar-refractivity contribution in [2.45, 2.75) is 19.3 Å². The Morgan fingerprint density at radius 1 is 1.16 bits per heavy atom. The largest absolute Gasteiger partial charge is 0.573 e. The van der Waals surface area contributed by atoms with Gasteiger partial charge in [-0.25, -0.2) is 4.39 Å². The number of carbonyl (C=O) groups is 1. The average Bonchev–Trinajstić information content (AvgIpc) is 2.50. The molecule has 0 saturated carbocycles. The molecule has 2 rings (SSSR count). The molecule has 0 heterocycles. The highest BCUT2D eigenvalue weighted by atomic mass is 35.5. The lowest BCUT2D eigenvalue weighted by Gasteiger charge is -2.16. The van der Waals surface area contributed by atoms with Gasteiger partial charge in [-0.15, -0.1) is 13.2 Å². The van der Waals surface area contributed by atoms with Gasteiger partial charge in [0.2, 0.25) is 5.91 Å². The van der Waals surface area contributed by atoms with Crippen LogP contribution < -0.4 is 15.4 Å². The normalized spacial score (nSPS) is 12.4. The van der Waals surface area contributed by atoms with Crippen molar-refractivity contribution in [1.29, 1.82) is 0 Å². The second-order valence-corrected chi connectivity index (χ2v) is 5.49. The molecule has 0 unspecified atom stereocenters. The van der Waals surface area contributed by atoms with Crippen LogP contribution in [0.5, 0.6) is 5.75 Å². The number of anilines is 2. The highest BCUT2D eigenvalue weighted by Gasteiger charge is 2.31. The molecule has 0 saturated heterocycles. The van der Waals surface area contributed by atoms with E-state index in [9.17, 15) is 22.4 Å². The van der Waals surface area contributed by atoms with Crippen LogP contribution in [0.4, 0.5) is 28.9 Å². The minimum absolute atomic E-state index is 0.0306. The Bertz CT molecular complexity index is 751. The van der Waals surface area contributed by atoms with Gasteiger partial charge in [-0.1, -0.05) is 11.6 Å². The van der Waals surface area contributed by atoms with Crippen LogP contribution in [0.3, 0.4) is 0 Å². The van der Waals surface area contributed by atoms with Crippen LogP contribution in [0.15, 0.2) is 42.5 Å². The summed E-state index contributed by atoms with van der Waals surface area (Å²) >= 11 is 5.63. The molecule has 0 fully saturated rings. The Morgan fingerprint density at radius 3 is 2.36 bits per heavy atom. The number of halogens is 5. The van der Waals surface area contributed by atoms with E-state index in [2.05, 4.69) is 15.4 Å². The molecule has 2 N–H and O–H groups in total. The molecular formula is C16H13ClF4N2O2. The van der Waals surface area contributed by atoms with E-state index in [1.54, 1.807) is 0 Å². The molecular weight excluding hydrogens is 364 g/mol. The lowest BCUT2D eigenvalue weighted by Crippen LogP contribution is -2.32. The molecule has 0 aliphatic heterocycles. The molecule has 0 aliphatic rings. The Balaban J connectivity index is 1.96. The molecule has 0 aromatic heterocycles. The maximum atomic E-state index is 13.7. The summed E-state index contributed by atoms with van der Waals surface area (Å²) in [6, 6.07) is 7.92. The third kappa shape index (κ3) is 5.82. The van der Waals surface area contributed by atoms with Crippen LogP contribution in [-0.4, -0.2) is 18.3 Å². The minimum Gasteiger partial charge on any atom is -0.406 e. The monoisotopic (exact) mass is 376 g/mol. The quantitative estimate of drug-likeness (QED) is 0.736. The zero-order valence-corrected chi connectivity index (χ0v) is 13.6. The van der Waals surface area contributed by atoms with Crippen LogP contribution in [0.25, 0.3) is 0 Å². The smallest absolute Gasteiger partial charge is 0.406 e. The summed E-state index contributed by atoms with van der Waals surface area (Å²) in [5.41, 5.74) is 0.366. The topological polar surface area (TPSA) is 50.4 Å². The number of nitrogens with one attached hydrogen (secondary N) is 2. The Morgan fingerprint density at radius 2 is 1.80 bits per heavy atom. The average molecular weight is 377 g/mol. The lowest BCUT2D eigenvalue weighted by atomic mass is 10.2. The summed E-state index contributed by atoms with van der Waals surface area (Å²) < 4.78 is 53.7. The molecule has 2 aromatic carbocycles. The zero-order valence-electron chi connectivity index (χ0n) is 12.8. The van der Waals surface area contributed by atoms with Crippen molar-refractivity contribution >= 4 is 28.9 Å². The molecule has 25 heavy (non-hydrogen) atoms. The summed E-state index contributed by atoms with van der Waals surface area (Å²) in [6.07, 6.45) is -4.77. The third-order valence-electron chi connectivity index (χ3n) is 3.05. The number of rotatable bonds is 5. The summed E-state index contributed by atoms with van der Waals surface area (Å²) in [5.74, 6) is -1.59. The van der Waals surface area contributed by atoms with Crippen LogP contribution >= 0.6 is 11.6 Å². The number of amides is 1. The van der Waals surface area contributed by atoms with E-state index >= 15 is 0 Å². The molecule has 1 amide bonds. The van der Waals surface area contributed by atoms with Crippen molar-refractivity contribution in [2.24, 2.45) is 0 Å². The van der Waals surface area contributed by atoms with E-state index < -0.39 is 24.1 Å². The number of ether oxygens (including phenoxy) is 1. The summed E-state index contributed by atoms with van der Waals surface area (Å²) in [6.45, 7) is 1.52. The molecule has 0 radical (unpaired) electrons. The number of carbonyl (C=O) groups excluding carboxylic acids is 1. The van der Waals surface area contributed by atoms with Crippen molar-refractivity contribution in [3.63, 3.8) is 0 Å². The van der Waals surface area contributed by atoms with Crippen LogP contribution in [0, 0.1) is 5.82 Å². The van der Waals surface area contributed by atoms with E-state index in [0.717, 1.165) is 18.2 Å². The predicted molar refractivity (Wildman–Crippen MR) is 86.2 cm³/mol. The highest BCUT2D eigenvalue weighted by molar-refractivity contribution is 6.30. The molecule has 9 heteroatoms. The first-order valence-electron chi connectivity index (χ1n) is 7.02. The first-order valence-corrected chi connectivity index (χ1v) is 7.40. The Hall–Kier alpha value is -2.48. The van der Waals surface area contributed by atoms with Gasteiger partial charge < -0.3 is 15.4 Å². The van der Waals surface area contributed by atoms with Gasteiger partial charge >= 0.3 is 6.36 Å². The van der Waals surface area contributed by atoms with Crippen molar-refractivity contribution in [3.05, 3.63) is 53.3 Å². The fourth-order valence-electron chi connectivity index (χ4n) is 1.90. The van der Waals surface area contributed by atoms with Gasteiger partial charge in [0.25, 0.3) is 0 Å². The van der Waals surface area contributed by atoms with Crippen molar-refractivity contribution < 1.29 is 27.1 Å². The van der Waals surface area contributed by atoms with E-state index in [0.29, 0.717) is 5.69 Å². The van der Waals surface area contributed by atoms with E-state index in [1.165, 1.54) is 31.2 Å².